The van der Waals surface area contributed by atoms with Crippen molar-refractivity contribution in [1.29, 1.82) is 0 Å². The minimum Gasteiger partial charge on any atom is -0.387 e. The first kappa shape index (κ1) is 11.4. The average Bonchev–Trinajstić information content (AvgIpc) is 2.39. The van der Waals surface area contributed by atoms with Crippen LogP contribution >= 0.6 is 0 Å². The molecule has 1 aliphatic rings. The Labute approximate surface area is 97.1 Å². The van der Waals surface area contributed by atoms with Crippen molar-refractivity contribution in [3.63, 3.8) is 0 Å². The van der Waals surface area contributed by atoms with Crippen LogP contribution in [0.4, 0.5) is 5.69 Å². The van der Waals surface area contributed by atoms with E-state index in [-0.39, 0.29) is 0 Å². The van der Waals surface area contributed by atoms with E-state index < -0.39 is 5.60 Å². The molecule has 0 bridgehead atoms. The Morgan fingerprint density at radius 1 is 1.44 bits per heavy atom. The van der Waals surface area contributed by atoms with E-state index in [1.807, 2.05) is 6.92 Å². The average molecular weight is 220 g/mol. The van der Waals surface area contributed by atoms with Crippen molar-refractivity contribution in [2.45, 2.75) is 19.4 Å². The number of aliphatic hydroxyl groups is 1. The topological polar surface area (TPSA) is 35.5 Å². The summed E-state index contributed by atoms with van der Waals surface area (Å²) < 4.78 is 0. The SMILES string of the molecule is Cc1cccc(N2CCNCC(C)(O)C2)c1. The highest BCUT2D eigenvalue weighted by atomic mass is 16.3. The van der Waals surface area contributed by atoms with Crippen LogP contribution in [0.3, 0.4) is 0 Å². The molecule has 0 amide bonds. The summed E-state index contributed by atoms with van der Waals surface area (Å²) >= 11 is 0. The largest absolute Gasteiger partial charge is 0.387 e. The number of aryl methyl sites for hydroxylation is 1. The molecular weight excluding hydrogens is 200 g/mol. The molecule has 0 spiro atoms. The molecule has 0 radical (unpaired) electrons. The molecule has 3 nitrogen and oxygen atoms in total. The predicted molar refractivity (Wildman–Crippen MR) is 66.9 cm³/mol. The van der Waals surface area contributed by atoms with Crippen molar-refractivity contribution in [3.05, 3.63) is 29.8 Å². The molecule has 1 aromatic carbocycles. The molecule has 1 fully saturated rings. The predicted octanol–water partition coefficient (Wildman–Crippen LogP) is 1.16. The number of hydrogen-bond donors (Lipinski definition) is 2. The smallest absolute Gasteiger partial charge is 0.0917 e. The molecule has 0 saturated carbocycles. The van der Waals surface area contributed by atoms with Gasteiger partial charge in [0.2, 0.25) is 0 Å². The lowest BCUT2D eigenvalue weighted by Crippen LogP contribution is -2.43. The van der Waals surface area contributed by atoms with Gasteiger partial charge in [-0.15, -0.1) is 0 Å². The monoisotopic (exact) mass is 220 g/mol. The third-order valence-corrected chi connectivity index (χ3v) is 2.96. The van der Waals surface area contributed by atoms with Crippen LogP contribution in [0.15, 0.2) is 24.3 Å². The lowest BCUT2D eigenvalue weighted by atomic mass is 10.1. The van der Waals surface area contributed by atoms with Crippen LogP contribution in [0.1, 0.15) is 12.5 Å². The van der Waals surface area contributed by atoms with E-state index in [0.29, 0.717) is 13.1 Å². The van der Waals surface area contributed by atoms with E-state index in [0.717, 1.165) is 13.1 Å². The first-order chi connectivity index (χ1) is 7.57. The van der Waals surface area contributed by atoms with Gasteiger partial charge in [-0.2, -0.15) is 0 Å². The highest BCUT2D eigenvalue weighted by Gasteiger charge is 2.26. The van der Waals surface area contributed by atoms with E-state index in [1.54, 1.807) is 0 Å². The summed E-state index contributed by atoms with van der Waals surface area (Å²) in [6.07, 6.45) is 0. The van der Waals surface area contributed by atoms with Gasteiger partial charge in [0, 0.05) is 31.9 Å². The van der Waals surface area contributed by atoms with E-state index in [9.17, 15) is 5.11 Å². The molecule has 1 unspecified atom stereocenters. The van der Waals surface area contributed by atoms with Gasteiger partial charge in [0.25, 0.3) is 0 Å². The molecular formula is C13H20N2O. The van der Waals surface area contributed by atoms with Crippen LogP contribution in [0.5, 0.6) is 0 Å². The van der Waals surface area contributed by atoms with Gasteiger partial charge in [0.1, 0.15) is 0 Å². The fraction of sp³-hybridized carbons (Fsp3) is 0.538. The number of benzene rings is 1. The number of hydrogen-bond acceptors (Lipinski definition) is 3. The van der Waals surface area contributed by atoms with Gasteiger partial charge in [-0.25, -0.2) is 0 Å². The number of anilines is 1. The van der Waals surface area contributed by atoms with Crippen molar-refractivity contribution < 1.29 is 5.11 Å². The number of nitrogens with one attached hydrogen (secondary N) is 1. The molecule has 0 aliphatic carbocycles. The van der Waals surface area contributed by atoms with E-state index in [1.165, 1.54) is 11.3 Å². The summed E-state index contributed by atoms with van der Waals surface area (Å²) in [7, 11) is 0. The van der Waals surface area contributed by atoms with E-state index in [2.05, 4.69) is 41.4 Å². The number of nitrogens with zero attached hydrogens (tertiary/aromatic N) is 1. The molecule has 1 heterocycles. The van der Waals surface area contributed by atoms with Crippen LogP contribution in [0, 0.1) is 6.92 Å². The maximum absolute atomic E-state index is 10.2. The first-order valence-corrected chi connectivity index (χ1v) is 5.82. The van der Waals surface area contributed by atoms with Gasteiger partial charge < -0.3 is 15.3 Å². The van der Waals surface area contributed by atoms with Gasteiger partial charge >= 0.3 is 0 Å². The molecule has 2 N–H and O–H groups in total. The third-order valence-electron chi connectivity index (χ3n) is 2.96. The fourth-order valence-corrected chi connectivity index (χ4v) is 2.16. The fourth-order valence-electron chi connectivity index (χ4n) is 2.16. The Hall–Kier alpha value is -1.06. The van der Waals surface area contributed by atoms with E-state index in [4.69, 9.17) is 0 Å². The molecule has 2 rings (SSSR count). The Bertz CT molecular complexity index is 363. The van der Waals surface area contributed by atoms with Gasteiger partial charge in [0.15, 0.2) is 0 Å². The summed E-state index contributed by atoms with van der Waals surface area (Å²) in [4.78, 5) is 2.24. The lowest BCUT2D eigenvalue weighted by Gasteiger charge is -2.29. The molecule has 16 heavy (non-hydrogen) atoms. The van der Waals surface area contributed by atoms with Crippen molar-refractivity contribution in [1.82, 2.24) is 5.32 Å². The summed E-state index contributed by atoms with van der Waals surface area (Å²) in [6, 6.07) is 8.44. The zero-order valence-electron chi connectivity index (χ0n) is 10.0. The van der Waals surface area contributed by atoms with Crippen LogP contribution in [-0.4, -0.2) is 36.9 Å². The van der Waals surface area contributed by atoms with E-state index >= 15 is 0 Å². The minimum absolute atomic E-state index is 0.653. The standard InChI is InChI=1S/C13H20N2O/c1-11-4-3-5-12(8-11)15-7-6-14-9-13(2,16)10-15/h3-5,8,14,16H,6-7,9-10H2,1-2H3. The van der Waals surface area contributed by atoms with Crippen molar-refractivity contribution >= 4 is 5.69 Å². The first-order valence-electron chi connectivity index (χ1n) is 5.82. The van der Waals surface area contributed by atoms with Crippen LogP contribution < -0.4 is 10.2 Å². The molecule has 1 aliphatic heterocycles. The van der Waals surface area contributed by atoms with Gasteiger partial charge in [-0.1, -0.05) is 12.1 Å². The van der Waals surface area contributed by atoms with Crippen LogP contribution in [0.25, 0.3) is 0 Å². The van der Waals surface area contributed by atoms with Gasteiger partial charge in [0.05, 0.1) is 5.60 Å². The molecule has 1 saturated heterocycles. The molecule has 3 heteroatoms. The summed E-state index contributed by atoms with van der Waals surface area (Å²) in [6.45, 7) is 7.19. The van der Waals surface area contributed by atoms with Crippen molar-refractivity contribution in [2.75, 3.05) is 31.1 Å². The highest BCUT2D eigenvalue weighted by Crippen LogP contribution is 2.19. The Morgan fingerprint density at radius 3 is 3.00 bits per heavy atom. The van der Waals surface area contributed by atoms with Crippen molar-refractivity contribution in [2.24, 2.45) is 0 Å². The maximum atomic E-state index is 10.2. The number of β-amino-alcohol motifs (C(OH)–C–C–N with tert-alkyl or cyclic N) is 1. The molecule has 0 aromatic heterocycles. The van der Waals surface area contributed by atoms with Crippen molar-refractivity contribution in [3.8, 4) is 0 Å². The molecule has 1 aromatic rings. The molecule has 88 valence electrons. The lowest BCUT2D eigenvalue weighted by molar-refractivity contribution is 0.0729. The second kappa shape index (κ2) is 4.44. The Kier molecular flexibility index (Phi) is 3.17. The summed E-state index contributed by atoms with van der Waals surface area (Å²) in [5.74, 6) is 0. The third kappa shape index (κ3) is 2.74. The zero-order chi connectivity index (χ0) is 11.6. The second-order valence-corrected chi connectivity index (χ2v) is 4.93. The maximum Gasteiger partial charge on any atom is 0.0917 e. The highest BCUT2D eigenvalue weighted by molar-refractivity contribution is 5.49. The Balaban J connectivity index is 2.19. The minimum atomic E-state index is -0.653. The van der Waals surface area contributed by atoms with Gasteiger partial charge in [-0.3, -0.25) is 0 Å². The summed E-state index contributed by atoms with van der Waals surface area (Å²) in [5.41, 5.74) is 1.80. The normalized spacial score (nSPS) is 26.6. The Morgan fingerprint density at radius 2 is 2.25 bits per heavy atom. The quantitative estimate of drug-likeness (QED) is 0.745. The number of rotatable bonds is 1. The zero-order valence-corrected chi connectivity index (χ0v) is 10.0. The van der Waals surface area contributed by atoms with Crippen LogP contribution in [0.2, 0.25) is 0 Å². The summed E-state index contributed by atoms with van der Waals surface area (Å²) in [5, 5.41) is 13.4. The van der Waals surface area contributed by atoms with Crippen LogP contribution in [-0.2, 0) is 0 Å². The molecule has 1 atom stereocenters. The van der Waals surface area contributed by atoms with Gasteiger partial charge in [-0.05, 0) is 31.5 Å². The second-order valence-electron chi connectivity index (χ2n) is 4.93.